The predicted octanol–water partition coefficient (Wildman–Crippen LogP) is 2.79. The lowest BCUT2D eigenvalue weighted by Crippen LogP contribution is -2.42. The summed E-state index contributed by atoms with van der Waals surface area (Å²) in [5.41, 5.74) is 0.493. The van der Waals surface area contributed by atoms with Gasteiger partial charge in [-0.15, -0.1) is 0 Å². The molecule has 0 bridgehead atoms. The van der Waals surface area contributed by atoms with Gasteiger partial charge in [-0.05, 0) is 42.6 Å². The molecular weight excluding hydrogens is 322 g/mol. The Hall–Kier alpha value is -0.880. The van der Waals surface area contributed by atoms with Crippen LogP contribution in [0.2, 0.25) is 0 Å². The zero-order valence-electron chi connectivity index (χ0n) is 12.3. The largest absolute Gasteiger partial charge is 0.376 e. The van der Waals surface area contributed by atoms with Crippen molar-refractivity contribution in [1.29, 1.82) is 0 Å². The van der Waals surface area contributed by atoms with E-state index in [0.29, 0.717) is 11.0 Å². The van der Waals surface area contributed by atoms with Crippen molar-refractivity contribution in [3.05, 3.63) is 21.0 Å². The summed E-state index contributed by atoms with van der Waals surface area (Å²) in [7, 11) is 0. The average molecular weight is 344 g/mol. The van der Waals surface area contributed by atoms with E-state index in [9.17, 15) is 4.79 Å². The lowest BCUT2D eigenvalue weighted by molar-refractivity contribution is 0.105. The molecule has 0 aromatic carbocycles. The summed E-state index contributed by atoms with van der Waals surface area (Å²) in [6.45, 7) is 7.65. The van der Waals surface area contributed by atoms with Gasteiger partial charge in [0.2, 0.25) is 0 Å². The van der Waals surface area contributed by atoms with Crippen molar-refractivity contribution < 1.29 is 4.74 Å². The quantitative estimate of drug-likeness (QED) is 0.892. The van der Waals surface area contributed by atoms with E-state index in [4.69, 9.17) is 4.74 Å². The monoisotopic (exact) mass is 343 g/mol. The molecule has 5 nitrogen and oxygen atoms in total. The number of ether oxygens (including phenoxy) is 1. The van der Waals surface area contributed by atoms with E-state index in [1.807, 2.05) is 6.92 Å². The molecule has 1 aromatic heterocycles. The third-order valence-corrected chi connectivity index (χ3v) is 4.78. The molecule has 0 radical (unpaired) electrons. The van der Waals surface area contributed by atoms with Crippen molar-refractivity contribution in [2.45, 2.75) is 58.2 Å². The van der Waals surface area contributed by atoms with Crippen LogP contribution in [0.5, 0.6) is 0 Å². The fourth-order valence-electron chi connectivity index (χ4n) is 2.33. The van der Waals surface area contributed by atoms with Gasteiger partial charge in [0, 0.05) is 13.2 Å². The van der Waals surface area contributed by atoms with Crippen molar-refractivity contribution in [2.75, 3.05) is 11.9 Å². The average Bonchev–Trinajstić information content (AvgIpc) is 2.74. The van der Waals surface area contributed by atoms with Crippen LogP contribution in [0, 0.1) is 0 Å². The molecule has 1 N–H and O–H groups in total. The van der Waals surface area contributed by atoms with Gasteiger partial charge in [0.1, 0.15) is 4.47 Å². The molecule has 1 aliphatic rings. The number of aromatic nitrogens is 2. The van der Waals surface area contributed by atoms with Gasteiger partial charge >= 0.3 is 0 Å². The van der Waals surface area contributed by atoms with Crippen LogP contribution in [0.15, 0.2) is 15.5 Å². The minimum Gasteiger partial charge on any atom is -0.376 e. The first kappa shape index (κ1) is 15.5. The summed E-state index contributed by atoms with van der Waals surface area (Å²) in [6.07, 6.45) is 4.74. The van der Waals surface area contributed by atoms with Crippen molar-refractivity contribution in [3.8, 4) is 0 Å². The summed E-state index contributed by atoms with van der Waals surface area (Å²) >= 11 is 3.40. The molecule has 2 unspecified atom stereocenters. The highest BCUT2D eigenvalue weighted by Gasteiger charge is 2.37. The molecule has 0 saturated carbocycles. The van der Waals surface area contributed by atoms with E-state index in [2.05, 4.69) is 40.2 Å². The van der Waals surface area contributed by atoms with Gasteiger partial charge in [0.25, 0.3) is 5.56 Å². The van der Waals surface area contributed by atoms with E-state index in [-0.39, 0.29) is 17.2 Å². The number of hydrogen-bond donors (Lipinski definition) is 1. The number of rotatable bonds is 5. The Labute approximate surface area is 127 Å². The van der Waals surface area contributed by atoms with Gasteiger partial charge in [0.05, 0.1) is 23.5 Å². The van der Waals surface area contributed by atoms with E-state index >= 15 is 0 Å². The van der Waals surface area contributed by atoms with Crippen LogP contribution in [-0.4, -0.2) is 28.0 Å². The van der Waals surface area contributed by atoms with E-state index in [0.717, 1.165) is 31.6 Å². The third-order valence-electron chi connectivity index (χ3n) is 4.02. The molecule has 2 rings (SSSR count). The summed E-state index contributed by atoms with van der Waals surface area (Å²) < 4.78 is 7.66. The zero-order chi connectivity index (χ0) is 14.8. The van der Waals surface area contributed by atoms with Crippen LogP contribution in [0.3, 0.4) is 0 Å². The van der Waals surface area contributed by atoms with Crippen LogP contribution < -0.4 is 10.9 Å². The lowest BCUT2D eigenvalue weighted by Gasteiger charge is -2.30. The molecule has 0 spiro atoms. The second-order valence-corrected chi connectivity index (χ2v) is 6.35. The molecule has 1 fully saturated rings. The second-order valence-electron chi connectivity index (χ2n) is 5.56. The number of anilines is 1. The number of nitrogens with zero attached hydrogens (tertiary/aromatic N) is 2. The first-order chi connectivity index (χ1) is 9.48. The Morgan fingerprint density at radius 2 is 2.40 bits per heavy atom. The zero-order valence-corrected chi connectivity index (χ0v) is 13.9. The molecule has 1 aliphatic heterocycles. The minimum atomic E-state index is -0.160. The highest BCUT2D eigenvalue weighted by molar-refractivity contribution is 9.10. The van der Waals surface area contributed by atoms with Crippen LogP contribution in [0.4, 0.5) is 5.69 Å². The molecule has 112 valence electrons. The van der Waals surface area contributed by atoms with E-state index in [1.54, 1.807) is 6.20 Å². The number of hydrogen-bond acceptors (Lipinski definition) is 4. The van der Waals surface area contributed by atoms with Crippen molar-refractivity contribution in [2.24, 2.45) is 0 Å². The molecule has 20 heavy (non-hydrogen) atoms. The summed E-state index contributed by atoms with van der Waals surface area (Å²) in [6, 6.07) is 0. The Morgan fingerprint density at radius 1 is 1.65 bits per heavy atom. The van der Waals surface area contributed by atoms with Gasteiger partial charge in [0.15, 0.2) is 0 Å². The van der Waals surface area contributed by atoms with E-state index in [1.165, 1.54) is 4.68 Å². The molecule has 2 atom stereocenters. The standard InChI is InChI=1S/C14H22BrN3O2/c1-4-5-7-18-13(19)12(15)11(9-16-18)17-14(3)6-8-20-10(14)2/h9-10,17H,4-8H2,1-3H3. The minimum absolute atomic E-state index is 0.0846. The summed E-state index contributed by atoms with van der Waals surface area (Å²) in [5, 5.41) is 7.66. The summed E-state index contributed by atoms with van der Waals surface area (Å²) in [5.74, 6) is 0. The van der Waals surface area contributed by atoms with Gasteiger partial charge in [-0.1, -0.05) is 13.3 Å². The Bertz CT molecular complexity index is 532. The maximum Gasteiger partial charge on any atom is 0.283 e. The second kappa shape index (κ2) is 6.26. The molecule has 6 heteroatoms. The molecule has 1 saturated heterocycles. The van der Waals surface area contributed by atoms with Crippen molar-refractivity contribution in [3.63, 3.8) is 0 Å². The molecule has 0 amide bonds. The van der Waals surface area contributed by atoms with Crippen LogP contribution in [0.1, 0.15) is 40.0 Å². The van der Waals surface area contributed by atoms with Crippen molar-refractivity contribution in [1.82, 2.24) is 9.78 Å². The van der Waals surface area contributed by atoms with Crippen LogP contribution in [-0.2, 0) is 11.3 Å². The molecule has 2 heterocycles. The maximum atomic E-state index is 12.2. The van der Waals surface area contributed by atoms with E-state index < -0.39 is 0 Å². The normalized spacial score (nSPS) is 25.9. The fraction of sp³-hybridized carbons (Fsp3) is 0.714. The predicted molar refractivity (Wildman–Crippen MR) is 83.2 cm³/mol. The number of aryl methyl sites for hydroxylation is 1. The Morgan fingerprint density at radius 3 is 3.00 bits per heavy atom. The molecular formula is C14H22BrN3O2. The van der Waals surface area contributed by atoms with Gasteiger partial charge in [-0.2, -0.15) is 5.10 Å². The highest BCUT2D eigenvalue weighted by Crippen LogP contribution is 2.31. The first-order valence-electron chi connectivity index (χ1n) is 7.13. The van der Waals surface area contributed by atoms with Gasteiger partial charge in [-0.25, -0.2) is 4.68 Å². The van der Waals surface area contributed by atoms with Gasteiger partial charge < -0.3 is 10.1 Å². The highest BCUT2D eigenvalue weighted by atomic mass is 79.9. The Balaban J connectivity index is 2.21. The fourth-order valence-corrected chi connectivity index (χ4v) is 2.73. The SMILES string of the molecule is CCCCn1ncc(NC2(C)CCOC2C)c(Br)c1=O. The lowest BCUT2D eigenvalue weighted by atomic mass is 9.94. The Kier molecular flexibility index (Phi) is 4.86. The summed E-state index contributed by atoms with van der Waals surface area (Å²) in [4.78, 5) is 12.2. The topological polar surface area (TPSA) is 56.1 Å². The number of unbranched alkanes of at least 4 members (excludes halogenated alkanes) is 1. The van der Waals surface area contributed by atoms with Gasteiger partial charge in [-0.3, -0.25) is 4.79 Å². The smallest absolute Gasteiger partial charge is 0.283 e. The van der Waals surface area contributed by atoms with Crippen molar-refractivity contribution >= 4 is 21.6 Å². The first-order valence-corrected chi connectivity index (χ1v) is 7.92. The third kappa shape index (κ3) is 3.06. The molecule has 1 aromatic rings. The number of nitrogens with one attached hydrogen (secondary N) is 1. The van der Waals surface area contributed by atoms with Crippen LogP contribution in [0.25, 0.3) is 0 Å². The molecule has 0 aliphatic carbocycles. The number of halogens is 1. The van der Waals surface area contributed by atoms with Crippen LogP contribution >= 0.6 is 15.9 Å². The maximum absolute atomic E-state index is 12.2.